The summed E-state index contributed by atoms with van der Waals surface area (Å²) in [5.74, 6) is 0.262. The minimum absolute atomic E-state index is 0.0903. The van der Waals surface area contributed by atoms with Crippen molar-refractivity contribution in [1.82, 2.24) is 10.3 Å². The number of nitrogens with one attached hydrogen (secondary N) is 2. The molecule has 0 atom stereocenters. The van der Waals surface area contributed by atoms with Crippen molar-refractivity contribution in [2.24, 2.45) is 10.2 Å². The zero-order valence-electron chi connectivity index (χ0n) is 10.3. The minimum atomic E-state index is -0.226. The Balaban J connectivity index is 1.89. The first-order valence-electron chi connectivity index (χ1n) is 5.88. The van der Waals surface area contributed by atoms with Gasteiger partial charge < -0.3 is 10.3 Å². The average Bonchev–Trinajstić information content (AvgIpc) is 2.85. The molecule has 100 valence electrons. The van der Waals surface area contributed by atoms with Crippen molar-refractivity contribution in [1.29, 1.82) is 0 Å². The van der Waals surface area contributed by atoms with Gasteiger partial charge in [0.2, 0.25) is 5.91 Å². The molecule has 0 aliphatic carbocycles. The normalized spacial score (nSPS) is 17.2. The monoisotopic (exact) mass is 286 g/mol. The number of carbonyl (C=O) groups excluding carboxylic acids is 1. The summed E-state index contributed by atoms with van der Waals surface area (Å²) in [4.78, 5) is 25.6. The molecule has 2 aromatic rings. The molecule has 2 heterocycles. The Labute approximate surface area is 118 Å². The molecule has 0 radical (unpaired) electrons. The molecule has 2 N–H and O–H groups in total. The van der Waals surface area contributed by atoms with E-state index >= 15 is 0 Å². The number of hydrogen-bond acceptors (Lipinski definition) is 5. The SMILES string of the molecule is O=C1CS/C(=N\N=C/c2cc3ccccc3[nH]c2=O)N1. The Hall–Kier alpha value is -2.41. The molecule has 6 nitrogen and oxygen atoms in total. The van der Waals surface area contributed by atoms with Gasteiger partial charge in [-0.15, -0.1) is 5.10 Å². The standard InChI is InChI=1S/C13H10N4O2S/c18-11-7-20-13(16-11)17-14-6-9-5-8-3-1-2-4-10(8)15-12(9)19/h1-6H,7H2,(H,15,19)(H,16,17,18)/b14-6-. The molecule has 0 bridgehead atoms. The van der Waals surface area contributed by atoms with Crippen LogP contribution in [-0.4, -0.2) is 28.0 Å². The summed E-state index contributed by atoms with van der Waals surface area (Å²) in [6.45, 7) is 0. The summed E-state index contributed by atoms with van der Waals surface area (Å²) in [6, 6.07) is 9.24. The van der Waals surface area contributed by atoms with Crippen molar-refractivity contribution >= 4 is 40.0 Å². The van der Waals surface area contributed by atoms with Crippen LogP contribution < -0.4 is 10.9 Å². The number of rotatable bonds is 2. The fourth-order valence-electron chi connectivity index (χ4n) is 1.78. The molecule has 1 aliphatic rings. The molecular formula is C13H10N4O2S. The van der Waals surface area contributed by atoms with Crippen molar-refractivity contribution in [2.45, 2.75) is 0 Å². The molecule has 1 aliphatic heterocycles. The summed E-state index contributed by atoms with van der Waals surface area (Å²) in [5, 5.41) is 11.6. The van der Waals surface area contributed by atoms with E-state index in [4.69, 9.17) is 0 Å². The maximum atomic E-state index is 11.8. The number of nitrogens with zero attached hydrogens (tertiary/aromatic N) is 2. The third-order valence-corrected chi connectivity index (χ3v) is 3.58. The van der Waals surface area contributed by atoms with Crippen LogP contribution in [0.25, 0.3) is 10.9 Å². The molecule has 0 unspecified atom stereocenters. The van der Waals surface area contributed by atoms with Gasteiger partial charge in [-0.05, 0) is 17.5 Å². The number of fused-ring (bicyclic) bond motifs is 1. The van der Waals surface area contributed by atoms with Gasteiger partial charge in [0, 0.05) is 5.52 Å². The predicted octanol–water partition coefficient (Wildman–Crippen LogP) is 1.08. The second kappa shape index (κ2) is 5.30. The van der Waals surface area contributed by atoms with E-state index in [2.05, 4.69) is 20.5 Å². The largest absolute Gasteiger partial charge is 0.321 e. The quantitative estimate of drug-likeness (QED) is 0.640. The molecule has 1 aromatic heterocycles. The van der Waals surface area contributed by atoms with Crippen molar-refractivity contribution in [3.05, 3.63) is 46.2 Å². The first kappa shape index (κ1) is 12.6. The van der Waals surface area contributed by atoms with E-state index in [9.17, 15) is 9.59 Å². The van der Waals surface area contributed by atoms with E-state index in [0.29, 0.717) is 16.5 Å². The van der Waals surface area contributed by atoms with E-state index in [1.54, 1.807) is 6.07 Å². The van der Waals surface area contributed by atoms with Crippen LogP contribution in [0.2, 0.25) is 0 Å². The Bertz CT molecular complexity index is 794. The Morgan fingerprint density at radius 2 is 2.10 bits per heavy atom. The molecule has 1 fully saturated rings. The number of pyridine rings is 1. The number of carbonyl (C=O) groups is 1. The third-order valence-electron chi connectivity index (χ3n) is 2.71. The number of amides is 1. The molecule has 0 saturated carbocycles. The molecule has 20 heavy (non-hydrogen) atoms. The number of thioether (sulfide) groups is 1. The first-order chi connectivity index (χ1) is 9.72. The van der Waals surface area contributed by atoms with Gasteiger partial charge in [0.25, 0.3) is 5.56 Å². The molecular weight excluding hydrogens is 276 g/mol. The average molecular weight is 286 g/mol. The summed E-state index contributed by atoms with van der Waals surface area (Å²) >= 11 is 1.28. The minimum Gasteiger partial charge on any atom is -0.321 e. The number of aromatic amines is 1. The van der Waals surface area contributed by atoms with Gasteiger partial charge >= 0.3 is 0 Å². The van der Waals surface area contributed by atoms with Crippen LogP contribution >= 0.6 is 11.8 Å². The number of para-hydroxylation sites is 1. The number of hydrogen-bond donors (Lipinski definition) is 2. The van der Waals surface area contributed by atoms with Gasteiger partial charge in [0.1, 0.15) is 0 Å². The van der Waals surface area contributed by atoms with Gasteiger partial charge in [-0.3, -0.25) is 9.59 Å². The maximum Gasteiger partial charge on any atom is 0.257 e. The first-order valence-corrected chi connectivity index (χ1v) is 6.87. The van der Waals surface area contributed by atoms with E-state index in [-0.39, 0.29) is 11.5 Å². The van der Waals surface area contributed by atoms with Gasteiger partial charge in [-0.2, -0.15) is 5.10 Å². The highest BCUT2D eigenvalue weighted by Gasteiger charge is 2.15. The van der Waals surface area contributed by atoms with Crippen LogP contribution in [0.5, 0.6) is 0 Å². The summed E-state index contributed by atoms with van der Waals surface area (Å²) in [7, 11) is 0. The molecule has 0 spiro atoms. The van der Waals surface area contributed by atoms with Crippen LogP contribution in [0.1, 0.15) is 5.56 Å². The van der Waals surface area contributed by atoms with Crippen molar-refractivity contribution in [2.75, 3.05) is 5.75 Å². The fourth-order valence-corrected chi connectivity index (χ4v) is 2.41. The van der Waals surface area contributed by atoms with Crippen LogP contribution in [0.3, 0.4) is 0 Å². The highest BCUT2D eigenvalue weighted by atomic mass is 32.2. The molecule has 1 aromatic carbocycles. The van der Waals surface area contributed by atoms with E-state index < -0.39 is 0 Å². The zero-order valence-corrected chi connectivity index (χ0v) is 11.1. The lowest BCUT2D eigenvalue weighted by Crippen LogP contribution is -2.19. The van der Waals surface area contributed by atoms with Crippen LogP contribution in [0.15, 0.2) is 45.3 Å². The topological polar surface area (TPSA) is 86.7 Å². The highest BCUT2D eigenvalue weighted by molar-refractivity contribution is 8.15. The summed E-state index contributed by atoms with van der Waals surface area (Å²) in [5.41, 5.74) is 0.970. The van der Waals surface area contributed by atoms with Crippen molar-refractivity contribution in [3.63, 3.8) is 0 Å². The fraction of sp³-hybridized carbons (Fsp3) is 0.0769. The summed E-state index contributed by atoms with van der Waals surface area (Å²) in [6.07, 6.45) is 1.38. The second-order valence-electron chi connectivity index (χ2n) is 4.13. The third kappa shape index (κ3) is 2.62. The Kier molecular flexibility index (Phi) is 3.34. The van der Waals surface area contributed by atoms with Crippen molar-refractivity contribution in [3.8, 4) is 0 Å². The molecule has 3 rings (SSSR count). The number of H-pyrrole nitrogens is 1. The summed E-state index contributed by atoms with van der Waals surface area (Å²) < 4.78 is 0. The predicted molar refractivity (Wildman–Crippen MR) is 80.2 cm³/mol. The van der Waals surface area contributed by atoms with E-state index in [1.807, 2.05) is 24.3 Å². The molecule has 1 saturated heterocycles. The maximum absolute atomic E-state index is 11.8. The van der Waals surface area contributed by atoms with Crippen LogP contribution in [0.4, 0.5) is 0 Å². The van der Waals surface area contributed by atoms with E-state index in [0.717, 1.165) is 10.9 Å². The van der Waals surface area contributed by atoms with E-state index in [1.165, 1.54) is 18.0 Å². The smallest absolute Gasteiger partial charge is 0.257 e. The van der Waals surface area contributed by atoms with Gasteiger partial charge in [-0.25, -0.2) is 0 Å². The number of benzene rings is 1. The van der Waals surface area contributed by atoms with Crippen LogP contribution in [-0.2, 0) is 4.79 Å². The number of amidine groups is 1. The lowest BCUT2D eigenvalue weighted by Gasteiger charge is -1.98. The zero-order chi connectivity index (χ0) is 13.9. The highest BCUT2D eigenvalue weighted by Crippen LogP contribution is 2.10. The molecule has 7 heteroatoms. The number of aromatic nitrogens is 1. The molecule has 1 amide bonds. The Morgan fingerprint density at radius 1 is 1.25 bits per heavy atom. The van der Waals surface area contributed by atoms with Gasteiger partial charge in [-0.1, -0.05) is 30.0 Å². The second-order valence-corrected chi connectivity index (χ2v) is 5.09. The van der Waals surface area contributed by atoms with Gasteiger partial charge in [0.05, 0.1) is 17.5 Å². The van der Waals surface area contributed by atoms with Crippen molar-refractivity contribution < 1.29 is 4.79 Å². The van der Waals surface area contributed by atoms with Crippen LogP contribution in [0, 0.1) is 0 Å². The van der Waals surface area contributed by atoms with Gasteiger partial charge in [0.15, 0.2) is 5.17 Å². The lowest BCUT2D eigenvalue weighted by molar-refractivity contribution is -0.116. The Morgan fingerprint density at radius 3 is 2.90 bits per heavy atom. The lowest BCUT2D eigenvalue weighted by atomic mass is 10.2.